The van der Waals surface area contributed by atoms with Crippen LogP contribution in [0, 0.1) is 0 Å². The highest BCUT2D eigenvalue weighted by Crippen LogP contribution is 2.38. The van der Waals surface area contributed by atoms with Crippen molar-refractivity contribution in [3.05, 3.63) is 35.4 Å². The lowest BCUT2D eigenvalue weighted by Gasteiger charge is -2.13. The number of nitrogens with zero attached hydrogens (tertiary/aromatic N) is 1. The van der Waals surface area contributed by atoms with Gasteiger partial charge in [0.25, 0.3) is 5.91 Å². The maximum Gasteiger partial charge on any atom is 0.271 e. The fourth-order valence-electron chi connectivity index (χ4n) is 2.59. The van der Waals surface area contributed by atoms with Crippen molar-refractivity contribution in [3.63, 3.8) is 0 Å². The molecule has 9 heteroatoms. The molecule has 29 heavy (non-hydrogen) atoms. The van der Waals surface area contributed by atoms with Gasteiger partial charge in [0, 0.05) is 17.2 Å². The van der Waals surface area contributed by atoms with Gasteiger partial charge in [0.2, 0.25) is 5.75 Å². The largest absolute Gasteiger partial charge is 0.496 e. The monoisotopic (exact) mass is 404 g/mol. The second-order valence-corrected chi connectivity index (χ2v) is 5.56. The van der Waals surface area contributed by atoms with Gasteiger partial charge < -0.3 is 28.4 Å². The summed E-state index contributed by atoms with van der Waals surface area (Å²) in [6, 6.07) is 6.42. The second kappa shape index (κ2) is 10.1. The summed E-state index contributed by atoms with van der Waals surface area (Å²) in [6.45, 7) is 0. The van der Waals surface area contributed by atoms with Gasteiger partial charge in [-0.25, -0.2) is 5.43 Å². The minimum absolute atomic E-state index is 0.288. The van der Waals surface area contributed by atoms with Crippen LogP contribution in [0.15, 0.2) is 29.4 Å². The Labute approximate surface area is 169 Å². The molecule has 156 valence electrons. The van der Waals surface area contributed by atoms with Crippen molar-refractivity contribution in [2.75, 3.05) is 42.7 Å². The van der Waals surface area contributed by atoms with Crippen LogP contribution in [-0.4, -0.2) is 54.8 Å². The summed E-state index contributed by atoms with van der Waals surface area (Å²) in [6.07, 6.45) is 1.44. The number of hydrogen-bond donors (Lipinski definition) is 1. The first-order valence-corrected chi connectivity index (χ1v) is 8.46. The smallest absolute Gasteiger partial charge is 0.271 e. The number of hydrogen-bond acceptors (Lipinski definition) is 8. The molecular weight excluding hydrogens is 380 g/mol. The Hall–Kier alpha value is -3.62. The van der Waals surface area contributed by atoms with E-state index in [0.717, 1.165) is 0 Å². The van der Waals surface area contributed by atoms with Crippen LogP contribution in [0.1, 0.15) is 15.9 Å². The molecule has 1 N–H and O–H groups in total. The second-order valence-electron chi connectivity index (χ2n) is 5.56. The van der Waals surface area contributed by atoms with Gasteiger partial charge in [0.1, 0.15) is 5.75 Å². The van der Waals surface area contributed by atoms with Crippen LogP contribution in [0.4, 0.5) is 0 Å². The molecule has 0 saturated heterocycles. The van der Waals surface area contributed by atoms with Gasteiger partial charge in [0.15, 0.2) is 23.0 Å². The molecule has 2 aromatic carbocycles. The molecule has 0 unspecified atom stereocenters. The molecule has 0 bridgehead atoms. The number of benzene rings is 2. The van der Waals surface area contributed by atoms with Crippen molar-refractivity contribution in [1.29, 1.82) is 0 Å². The summed E-state index contributed by atoms with van der Waals surface area (Å²) in [7, 11) is 9.01. The van der Waals surface area contributed by atoms with Crippen molar-refractivity contribution in [3.8, 4) is 34.5 Å². The van der Waals surface area contributed by atoms with Crippen LogP contribution in [0.25, 0.3) is 0 Å². The van der Waals surface area contributed by atoms with Gasteiger partial charge in [-0.1, -0.05) is 0 Å². The standard InChI is InChI=1S/C20H24N2O7/c1-24-14-10-16(26-3)15(25-2)9-13(14)11-21-22-20(23)12-7-17(27-4)19(29-6)18(8-12)28-5/h7-11H,1-6H3,(H,22,23)/b21-11+. The Morgan fingerprint density at radius 3 is 1.72 bits per heavy atom. The van der Waals surface area contributed by atoms with E-state index in [1.165, 1.54) is 61.0 Å². The number of rotatable bonds is 9. The molecule has 0 aliphatic rings. The average molecular weight is 404 g/mol. The van der Waals surface area contributed by atoms with Crippen molar-refractivity contribution < 1.29 is 33.2 Å². The maximum atomic E-state index is 12.5. The van der Waals surface area contributed by atoms with Gasteiger partial charge in [0.05, 0.1) is 48.9 Å². The molecular formula is C20H24N2O7. The lowest BCUT2D eigenvalue weighted by molar-refractivity contribution is 0.0954. The van der Waals surface area contributed by atoms with E-state index in [0.29, 0.717) is 40.1 Å². The zero-order chi connectivity index (χ0) is 21.4. The molecule has 2 aromatic rings. The zero-order valence-corrected chi connectivity index (χ0v) is 17.2. The lowest BCUT2D eigenvalue weighted by Crippen LogP contribution is -2.18. The molecule has 0 aliphatic carbocycles. The van der Waals surface area contributed by atoms with Crippen molar-refractivity contribution in [2.45, 2.75) is 0 Å². The highest BCUT2D eigenvalue weighted by Gasteiger charge is 2.17. The quantitative estimate of drug-likeness (QED) is 0.507. The molecule has 0 heterocycles. The summed E-state index contributed by atoms with van der Waals surface area (Å²) in [4.78, 5) is 12.5. The first-order valence-electron chi connectivity index (χ1n) is 8.46. The third-order valence-electron chi connectivity index (χ3n) is 4.03. The number of ether oxygens (including phenoxy) is 6. The minimum atomic E-state index is -0.458. The van der Waals surface area contributed by atoms with E-state index >= 15 is 0 Å². The summed E-state index contributed by atoms with van der Waals surface area (Å²) < 4.78 is 31.6. The van der Waals surface area contributed by atoms with Gasteiger partial charge in [-0.05, 0) is 18.2 Å². The molecule has 0 saturated carbocycles. The maximum absolute atomic E-state index is 12.5. The molecule has 0 aromatic heterocycles. The molecule has 0 atom stereocenters. The number of hydrazone groups is 1. The SMILES string of the molecule is COc1cc(OC)c(OC)cc1/C=N/NC(=O)c1cc(OC)c(OC)c(OC)c1. The molecule has 0 spiro atoms. The number of methoxy groups -OCH3 is 6. The molecule has 0 aliphatic heterocycles. The van der Waals surface area contributed by atoms with E-state index in [2.05, 4.69) is 10.5 Å². The highest BCUT2D eigenvalue weighted by atomic mass is 16.5. The van der Waals surface area contributed by atoms with Gasteiger partial charge in [-0.15, -0.1) is 0 Å². The fourth-order valence-corrected chi connectivity index (χ4v) is 2.59. The zero-order valence-electron chi connectivity index (χ0n) is 17.2. The summed E-state index contributed by atoms with van der Waals surface area (Å²) in [5.74, 6) is 2.19. The Morgan fingerprint density at radius 2 is 1.24 bits per heavy atom. The predicted octanol–water partition coefficient (Wildman–Crippen LogP) is 2.50. The van der Waals surface area contributed by atoms with E-state index in [1.807, 2.05) is 0 Å². The van der Waals surface area contributed by atoms with Crippen LogP contribution in [0.3, 0.4) is 0 Å². The van der Waals surface area contributed by atoms with Crippen molar-refractivity contribution in [1.82, 2.24) is 5.43 Å². The van der Waals surface area contributed by atoms with E-state index in [-0.39, 0.29) is 5.56 Å². The number of nitrogens with one attached hydrogen (secondary N) is 1. The third-order valence-corrected chi connectivity index (χ3v) is 4.03. The summed E-state index contributed by atoms with van der Waals surface area (Å²) in [5.41, 5.74) is 3.34. The molecule has 0 fully saturated rings. The topological polar surface area (TPSA) is 96.8 Å². The highest BCUT2D eigenvalue weighted by molar-refractivity contribution is 5.96. The van der Waals surface area contributed by atoms with E-state index in [1.54, 1.807) is 12.1 Å². The first kappa shape index (κ1) is 21.7. The summed E-state index contributed by atoms with van der Waals surface area (Å²) >= 11 is 0. The molecule has 0 radical (unpaired) electrons. The predicted molar refractivity (Wildman–Crippen MR) is 107 cm³/mol. The molecule has 1 amide bonds. The number of amides is 1. The Balaban J connectivity index is 2.26. The Kier molecular flexibility index (Phi) is 7.53. The number of carbonyl (C=O) groups is 1. The van der Waals surface area contributed by atoms with Gasteiger partial charge in [-0.2, -0.15) is 5.10 Å². The van der Waals surface area contributed by atoms with E-state index in [9.17, 15) is 4.79 Å². The Bertz CT molecular complexity index is 872. The molecule has 2 rings (SSSR count). The van der Waals surface area contributed by atoms with Gasteiger partial charge >= 0.3 is 0 Å². The van der Waals surface area contributed by atoms with Crippen LogP contribution in [-0.2, 0) is 0 Å². The Morgan fingerprint density at radius 1 is 0.724 bits per heavy atom. The van der Waals surface area contributed by atoms with Gasteiger partial charge in [-0.3, -0.25) is 4.79 Å². The number of carbonyl (C=O) groups excluding carboxylic acids is 1. The average Bonchev–Trinajstić information content (AvgIpc) is 2.77. The van der Waals surface area contributed by atoms with E-state index in [4.69, 9.17) is 28.4 Å². The van der Waals surface area contributed by atoms with E-state index < -0.39 is 5.91 Å². The van der Waals surface area contributed by atoms with Crippen LogP contribution in [0.5, 0.6) is 34.5 Å². The fraction of sp³-hybridized carbons (Fsp3) is 0.300. The third kappa shape index (κ3) is 4.81. The van der Waals surface area contributed by atoms with Crippen LogP contribution >= 0.6 is 0 Å². The van der Waals surface area contributed by atoms with Crippen LogP contribution in [0.2, 0.25) is 0 Å². The lowest BCUT2D eigenvalue weighted by atomic mass is 10.1. The molecule has 9 nitrogen and oxygen atoms in total. The van der Waals surface area contributed by atoms with Crippen molar-refractivity contribution >= 4 is 12.1 Å². The van der Waals surface area contributed by atoms with Crippen LogP contribution < -0.4 is 33.8 Å². The first-order chi connectivity index (χ1) is 14.0. The van der Waals surface area contributed by atoms with Crippen molar-refractivity contribution in [2.24, 2.45) is 5.10 Å². The normalized spacial score (nSPS) is 10.4. The summed E-state index contributed by atoms with van der Waals surface area (Å²) in [5, 5.41) is 4.00. The minimum Gasteiger partial charge on any atom is -0.496 e.